The Labute approximate surface area is 98.7 Å². The van der Waals surface area contributed by atoms with Crippen molar-refractivity contribution >= 4 is 11.3 Å². The summed E-state index contributed by atoms with van der Waals surface area (Å²) in [5.41, 5.74) is 3.77. The molecule has 4 heteroatoms. The second kappa shape index (κ2) is 4.53. The van der Waals surface area contributed by atoms with Gasteiger partial charge in [0.2, 0.25) is 0 Å². The van der Waals surface area contributed by atoms with Crippen molar-refractivity contribution in [2.75, 3.05) is 14.2 Å². The second-order valence-electron chi connectivity index (χ2n) is 3.32. The molecule has 0 aliphatic carbocycles. The molecule has 0 saturated heterocycles. The Hall–Kier alpha value is -1.55. The van der Waals surface area contributed by atoms with Gasteiger partial charge >= 0.3 is 0 Å². The van der Waals surface area contributed by atoms with Crippen LogP contribution in [0.1, 0.15) is 4.88 Å². The Bertz CT molecular complexity index is 494. The summed E-state index contributed by atoms with van der Waals surface area (Å²) in [6.45, 7) is 2.05. The van der Waals surface area contributed by atoms with E-state index in [2.05, 4.69) is 4.98 Å². The molecule has 0 saturated carbocycles. The average molecular weight is 235 g/mol. The Morgan fingerprint density at radius 2 is 2.00 bits per heavy atom. The Morgan fingerprint density at radius 3 is 2.56 bits per heavy atom. The Kier molecular flexibility index (Phi) is 3.10. The maximum Gasteiger partial charge on any atom is 0.128 e. The van der Waals surface area contributed by atoms with Crippen LogP contribution in [0.4, 0.5) is 0 Å². The number of rotatable bonds is 3. The summed E-state index contributed by atoms with van der Waals surface area (Å²) < 4.78 is 10.5. The van der Waals surface area contributed by atoms with E-state index in [-0.39, 0.29) is 0 Å². The first-order valence-corrected chi connectivity index (χ1v) is 5.76. The minimum atomic E-state index is 0.809. The summed E-state index contributed by atoms with van der Waals surface area (Å²) in [5.74, 6) is 1.62. The Morgan fingerprint density at radius 1 is 1.19 bits per heavy atom. The number of benzene rings is 1. The summed E-state index contributed by atoms with van der Waals surface area (Å²) in [4.78, 5) is 5.53. The van der Waals surface area contributed by atoms with E-state index in [4.69, 9.17) is 9.47 Å². The third-order valence-corrected chi connectivity index (χ3v) is 3.16. The summed E-state index contributed by atoms with van der Waals surface area (Å²) in [6.07, 6.45) is 0. The van der Waals surface area contributed by atoms with Gasteiger partial charge in [0.25, 0.3) is 0 Å². The SMILES string of the molecule is COc1ccc(OC)c(-c2ncsc2C)c1. The number of aromatic nitrogens is 1. The van der Waals surface area contributed by atoms with Crippen LogP contribution in [0.5, 0.6) is 11.5 Å². The third-order valence-electron chi connectivity index (χ3n) is 2.41. The van der Waals surface area contributed by atoms with E-state index in [1.165, 1.54) is 4.88 Å². The standard InChI is InChI=1S/C12H13NO2S/c1-8-12(13-7-16-8)10-6-9(14-2)4-5-11(10)15-3/h4-7H,1-3H3. The van der Waals surface area contributed by atoms with Gasteiger partial charge in [-0.15, -0.1) is 11.3 Å². The van der Waals surface area contributed by atoms with Crippen molar-refractivity contribution < 1.29 is 9.47 Å². The molecule has 0 N–H and O–H groups in total. The highest BCUT2D eigenvalue weighted by atomic mass is 32.1. The van der Waals surface area contributed by atoms with E-state index in [0.29, 0.717) is 0 Å². The molecule has 16 heavy (non-hydrogen) atoms. The summed E-state index contributed by atoms with van der Waals surface area (Å²) in [6, 6.07) is 5.72. The van der Waals surface area contributed by atoms with Crippen LogP contribution < -0.4 is 9.47 Å². The molecule has 0 atom stereocenters. The minimum Gasteiger partial charge on any atom is -0.497 e. The van der Waals surface area contributed by atoms with Crippen molar-refractivity contribution in [2.24, 2.45) is 0 Å². The fraction of sp³-hybridized carbons (Fsp3) is 0.250. The number of hydrogen-bond acceptors (Lipinski definition) is 4. The van der Waals surface area contributed by atoms with Crippen molar-refractivity contribution in [1.29, 1.82) is 0 Å². The molecule has 0 aliphatic heterocycles. The predicted octanol–water partition coefficient (Wildman–Crippen LogP) is 3.14. The van der Waals surface area contributed by atoms with Crippen molar-refractivity contribution in [3.8, 4) is 22.8 Å². The van der Waals surface area contributed by atoms with Gasteiger partial charge in [0.1, 0.15) is 11.5 Å². The van der Waals surface area contributed by atoms with Gasteiger partial charge in [0.15, 0.2) is 0 Å². The normalized spacial score (nSPS) is 10.2. The number of hydrogen-bond donors (Lipinski definition) is 0. The molecular weight excluding hydrogens is 222 g/mol. The maximum atomic E-state index is 5.33. The van der Waals surface area contributed by atoms with Crippen LogP contribution in [0.2, 0.25) is 0 Å². The lowest BCUT2D eigenvalue weighted by Gasteiger charge is -2.09. The Balaban J connectivity index is 2.57. The number of ether oxygens (including phenoxy) is 2. The van der Waals surface area contributed by atoms with Gasteiger partial charge in [-0.3, -0.25) is 0 Å². The molecule has 0 bridgehead atoms. The lowest BCUT2D eigenvalue weighted by atomic mass is 10.1. The quantitative estimate of drug-likeness (QED) is 0.819. The van der Waals surface area contributed by atoms with Crippen LogP contribution in [0.3, 0.4) is 0 Å². The van der Waals surface area contributed by atoms with Gasteiger partial charge in [0, 0.05) is 10.4 Å². The zero-order valence-corrected chi connectivity index (χ0v) is 10.3. The fourth-order valence-corrected chi connectivity index (χ4v) is 2.15. The second-order valence-corrected chi connectivity index (χ2v) is 4.38. The molecule has 84 valence electrons. The molecule has 0 fully saturated rings. The van der Waals surface area contributed by atoms with Crippen LogP contribution in [0.25, 0.3) is 11.3 Å². The van der Waals surface area contributed by atoms with E-state index in [0.717, 1.165) is 22.8 Å². The molecule has 2 aromatic rings. The van der Waals surface area contributed by atoms with E-state index in [1.54, 1.807) is 25.6 Å². The fourth-order valence-electron chi connectivity index (χ4n) is 1.56. The number of thiazole rings is 1. The molecule has 0 aliphatic rings. The molecule has 3 nitrogen and oxygen atoms in total. The number of methoxy groups -OCH3 is 2. The van der Waals surface area contributed by atoms with E-state index < -0.39 is 0 Å². The lowest BCUT2D eigenvalue weighted by Crippen LogP contribution is -1.91. The number of nitrogens with zero attached hydrogens (tertiary/aromatic N) is 1. The van der Waals surface area contributed by atoms with E-state index >= 15 is 0 Å². The third kappa shape index (κ3) is 1.88. The monoisotopic (exact) mass is 235 g/mol. The molecular formula is C12H13NO2S. The largest absolute Gasteiger partial charge is 0.497 e. The van der Waals surface area contributed by atoms with Crippen LogP contribution >= 0.6 is 11.3 Å². The van der Waals surface area contributed by atoms with Gasteiger partial charge in [-0.2, -0.15) is 0 Å². The highest BCUT2D eigenvalue weighted by molar-refractivity contribution is 7.10. The zero-order chi connectivity index (χ0) is 11.5. The summed E-state index contributed by atoms with van der Waals surface area (Å²) in [7, 11) is 3.31. The van der Waals surface area contributed by atoms with Crippen LogP contribution in [-0.4, -0.2) is 19.2 Å². The van der Waals surface area contributed by atoms with Gasteiger partial charge in [-0.25, -0.2) is 4.98 Å². The van der Waals surface area contributed by atoms with Crippen molar-refractivity contribution in [2.45, 2.75) is 6.92 Å². The maximum absolute atomic E-state index is 5.33. The molecule has 0 unspecified atom stereocenters. The van der Waals surface area contributed by atoms with Crippen molar-refractivity contribution in [3.05, 3.63) is 28.6 Å². The zero-order valence-electron chi connectivity index (χ0n) is 9.48. The molecule has 0 spiro atoms. The van der Waals surface area contributed by atoms with Crippen LogP contribution in [-0.2, 0) is 0 Å². The van der Waals surface area contributed by atoms with E-state index in [1.807, 2.05) is 30.6 Å². The predicted molar refractivity (Wildman–Crippen MR) is 65.4 cm³/mol. The first-order chi connectivity index (χ1) is 7.76. The topological polar surface area (TPSA) is 31.4 Å². The molecule has 0 radical (unpaired) electrons. The van der Waals surface area contributed by atoms with Crippen LogP contribution in [0, 0.1) is 6.92 Å². The van der Waals surface area contributed by atoms with Gasteiger partial charge in [-0.1, -0.05) is 0 Å². The van der Waals surface area contributed by atoms with E-state index in [9.17, 15) is 0 Å². The van der Waals surface area contributed by atoms with Gasteiger partial charge < -0.3 is 9.47 Å². The van der Waals surface area contributed by atoms with Gasteiger partial charge in [-0.05, 0) is 25.1 Å². The van der Waals surface area contributed by atoms with Crippen molar-refractivity contribution in [3.63, 3.8) is 0 Å². The van der Waals surface area contributed by atoms with Crippen LogP contribution in [0.15, 0.2) is 23.7 Å². The minimum absolute atomic E-state index is 0.809. The average Bonchev–Trinajstić information content (AvgIpc) is 2.74. The highest BCUT2D eigenvalue weighted by Crippen LogP contribution is 2.35. The highest BCUT2D eigenvalue weighted by Gasteiger charge is 2.11. The molecule has 1 aromatic heterocycles. The first-order valence-electron chi connectivity index (χ1n) is 4.88. The lowest BCUT2D eigenvalue weighted by molar-refractivity contribution is 0.404. The summed E-state index contributed by atoms with van der Waals surface area (Å²) >= 11 is 1.62. The molecule has 1 aromatic carbocycles. The molecule has 2 rings (SSSR count). The van der Waals surface area contributed by atoms with Crippen molar-refractivity contribution in [1.82, 2.24) is 4.98 Å². The summed E-state index contributed by atoms with van der Waals surface area (Å²) in [5, 5.41) is 0. The molecule has 1 heterocycles. The molecule has 0 amide bonds. The van der Waals surface area contributed by atoms with Gasteiger partial charge in [0.05, 0.1) is 25.4 Å². The first kappa shape index (κ1) is 11.0. The smallest absolute Gasteiger partial charge is 0.128 e. The number of aryl methyl sites for hydroxylation is 1.